The Morgan fingerprint density at radius 1 is 1.30 bits per heavy atom. The van der Waals surface area contributed by atoms with Gasteiger partial charge in [-0.25, -0.2) is 13.4 Å². The first-order valence-electron chi connectivity index (χ1n) is 8.71. The predicted molar refractivity (Wildman–Crippen MR) is 107 cm³/mol. The Bertz CT molecular complexity index is 1220. The number of fused-ring (bicyclic) bond motifs is 1. The molecule has 3 aromatic rings. The minimum absolute atomic E-state index is 0.164. The van der Waals surface area contributed by atoms with Gasteiger partial charge < -0.3 is 9.72 Å². The fourth-order valence-electron chi connectivity index (χ4n) is 2.86. The fraction of sp³-hybridized carbons (Fsp3) is 0.263. The Hall–Kier alpha value is -2.59. The summed E-state index contributed by atoms with van der Waals surface area (Å²) in [4.78, 5) is 16.7. The van der Waals surface area contributed by atoms with E-state index in [4.69, 9.17) is 11.6 Å². The number of anilines is 1. The van der Waals surface area contributed by atoms with Crippen molar-refractivity contribution in [2.24, 2.45) is 0 Å². The molecule has 3 rings (SSSR count). The highest BCUT2D eigenvalue weighted by Gasteiger charge is 2.36. The van der Waals surface area contributed by atoms with Gasteiger partial charge >= 0.3 is 6.18 Å². The number of halogens is 4. The van der Waals surface area contributed by atoms with Gasteiger partial charge in [0.15, 0.2) is 9.84 Å². The Labute approximate surface area is 175 Å². The van der Waals surface area contributed by atoms with Crippen LogP contribution in [0.1, 0.15) is 23.7 Å². The van der Waals surface area contributed by atoms with E-state index in [1.54, 1.807) is 16.7 Å². The van der Waals surface area contributed by atoms with Crippen LogP contribution in [0.25, 0.3) is 5.65 Å². The number of pyridine rings is 1. The second kappa shape index (κ2) is 7.92. The second-order valence-electron chi connectivity index (χ2n) is 6.78. The molecule has 1 atom stereocenters. The molecule has 1 N–H and O–H groups in total. The summed E-state index contributed by atoms with van der Waals surface area (Å²) < 4.78 is 66.6. The van der Waals surface area contributed by atoms with Crippen molar-refractivity contribution in [3.05, 3.63) is 64.6 Å². The number of aromatic nitrogens is 2. The first kappa shape index (κ1) is 22.1. The number of benzene rings is 1. The maximum absolute atomic E-state index is 13.2. The number of hydrogen-bond acceptors (Lipinski definition) is 4. The van der Waals surface area contributed by atoms with Gasteiger partial charge in [0.25, 0.3) is 0 Å². The topological polar surface area (TPSA) is 80.5 Å². The van der Waals surface area contributed by atoms with Crippen LogP contribution in [0, 0.1) is 6.92 Å². The molecule has 0 bridgehead atoms. The summed E-state index contributed by atoms with van der Waals surface area (Å²) in [6.07, 6.45) is -1.53. The highest BCUT2D eigenvalue weighted by atomic mass is 35.5. The van der Waals surface area contributed by atoms with E-state index in [9.17, 15) is 26.4 Å². The zero-order valence-corrected chi connectivity index (χ0v) is 17.4. The molecule has 0 spiro atoms. The molecule has 0 saturated heterocycles. The Balaban J connectivity index is 1.82. The first-order valence-corrected chi connectivity index (χ1v) is 10.8. The van der Waals surface area contributed by atoms with E-state index in [-0.39, 0.29) is 10.7 Å². The maximum Gasteiger partial charge on any atom is 0.418 e. The number of carbonyl (C=O) groups excluding carboxylic acids is 1. The molecule has 1 amide bonds. The largest absolute Gasteiger partial charge is 0.418 e. The third-order valence-corrected chi connectivity index (χ3v) is 6.75. The van der Waals surface area contributed by atoms with Gasteiger partial charge in [-0.2, -0.15) is 13.2 Å². The molecule has 0 aliphatic heterocycles. The molecule has 6 nitrogen and oxygen atoms in total. The number of imidazole rings is 1. The number of sulfone groups is 1. The summed E-state index contributed by atoms with van der Waals surface area (Å²) in [5.41, 5.74) is -0.0809. The quantitative estimate of drug-likeness (QED) is 0.618. The standard InChI is InChI=1S/C19H17ClF3N3O3S/c1-11-4-3-7-26-9-14(24-17(11)26)10-30(28,29)12(2)18(27)25-16-6-5-13(20)8-15(16)19(21,22)23/h3-9,12H,10H2,1-2H3,(H,25,27). The molecule has 0 saturated carbocycles. The molecule has 1 aromatic carbocycles. The molecular formula is C19H17ClF3N3O3S. The highest BCUT2D eigenvalue weighted by Crippen LogP contribution is 2.36. The molecule has 0 aliphatic rings. The van der Waals surface area contributed by atoms with Crippen molar-refractivity contribution in [2.45, 2.75) is 31.0 Å². The van der Waals surface area contributed by atoms with Gasteiger partial charge in [-0.3, -0.25) is 4.79 Å². The van der Waals surface area contributed by atoms with Crippen molar-refractivity contribution in [1.82, 2.24) is 9.38 Å². The average molecular weight is 460 g/mol. The van der Waals surface area contributed by atoms with E-state index in [0.29, 0.717) is 11.7 Å². The first-order chi connectivity index (χ1) is 13.9. The molecule has 2 aromatic heterocycles. The molecule has 160 valence electrons. The monoisotopic (exact) mass is 459 g/mol. The second-order valence-corrected chi connectivity index (χ2v) is 9.54. The van der Waals surface area contributed by atoms with E-state index in [2.05, 4.69) is 4.98 Å². The van der Waals surface area contributed by atoms with Crippen molar-refractivity contribution in [3.63, 3.8) is 0 Å². The Morgan fingerprint density at radius 3 is 2.63 bits per heavy atom. The summed E-state index contributed by atoms with van der Waals surface area (Å²) in [5, 5.41) is 0.288. The van der Waals surface area contributed by atoms with Gasteiger partial charge in [-0.1, -0.05) is 17.7 Å². The number of alkyl halides is 3. The van der Waals surface area contributed by atoms with Crippen LogP contribution in [-0.2, 0) is 26.6 Å². The number of amides is 1. The third-order valence-electron chi connectivity index (χ3n) is 4.53. The van der Waals surface area contributed by atoms with Crippen LogP contribution in [0.5, 0.6) is 0 Å². The molecule has 30 heavy (non-hydrogen) atoms. The normalized spacial score (nSPS) is 13.4. The van der Waals surface area contributed by atoms with Gasteiger partial charge in [0.2, 0.25) is 5.91 Å². The van der Waals surface area contributed by atoms with E-state index < -0.39 is 44.2 Å². The van der Waals surface area contributed by atoms with Gasteiger partial charge in [0, 0.05) is 17.4 Å². The lowest BCUT2D eigenvalue weighted by molar-refractivity contribution is -0.137. The molecular weight excluding hydrogens is 443 g/mol. The van der Waals surface area contributed by atoms with E-state index in [0.717, 1.165) is 18.6 Å². The van der Waals surface area contributed by atoms with Crippen LogP contribution in [0.2, 0.25) is 5.02 Å². The summed E-state index contributed by atoms with van der Waals surface area (Å²) in [7, 11) is -4.04. The summed E-state index contributed by atoms with van der Waals surface area (Å²) in [5.74, 6) is -1.61. The van der Waals surface area contributed by atoms with Gasteiger partial charge in [0.1, 0.15) is 10.9 Å². The van der Waals surface area contributed by atoms with Gasteiger partial charge in [-0.15, -0.1) is 0 Å². The lowest BCUT2D eigenvalue weighted by Gasteiger charge is -2.17. The number of nitrogens with one attached hydrogen (secondary N) is 1. The predicted octanol–water partition coefficient (Wildman–Crippen LogP) is 4.26. The average Bonchev–Trinajstić information content (AvgIpc) is 3.04. The maximum atomic E-state index is 13.2. The number of nitrogens with zero attached hydrogens (tertiary/aromatic N) is 2. The summed E-state index contributed by atoms with van der Waals surface area (Å²) >= 11 is 5.61. The minimum Gasteiger partial charge on any atom is -0.324 e. The third kappa shape index (κ3) is 4.59. The van der Waals surface area contributed by atoms with Crippen molar-refractivity contribution < 1.29 is 26.4 Å². The molecule has 1 unspecified atom stereocenters. The fourth-order valence-corrected chi connectivity index (χ4v) is 4.22. The lowest BCUT2D eigenvalue weighted by Crippen LogP contribution is -2.34. The van der Waals surface area contributed by atoms with Crippen molar-refractivity contribution in [3.8, 4) is 0 Å². The number of carbonyl (C=O) groups is 1. The zero-order chi connectivity index (χ0) is 22.3. The van der Waals surface area contributed by atoms with Crippen LogP contribution in [-0.4, -0.2) is 29.0 Å². The molecule has 0 radical (unpaired) electrons. The Morgan fingerprint density at radius 2 is 2.00 bits per heavy atom. The lowest BCUT2D eigenvalue weighted by atomic mass is 10.1. The highest BCUT2D eigenvalue weighted by molar-refractivity contribution is 7.92. The summed E-state index contributed by atoms with van der Waals surface area (Å²) in [6, 6.07) is 6.41. The SMILES string of the molecule is Cc1cccn2cc(CS(=O)(=O)C(C)C(=O)Nc3ccc(Cl)cc3C(F)(F)F)nc12. The number of rotatable bonds is 5. The van der Waals surface area contributed by atoms with E-state index in [1.807, 2.05) is 18.3 Å². The Kier molecular flexibility index (Phi) is 5.83. The van der Waals surface area contributed by atoms with Crippen LogP contribution in [0.15, 0.2) is 42.7 Å². The van der Waals surface area contributed by atoms with Gasteiger partial charge in [-0.05, 0) is 43.7 Å². The minimum atomic E-state index is -4.77. The number of aryl methyl sites for hydroxylation is 1. The molecule has 0 fully saturated rings. The van der Waals surface area contributed by atoms with E-state index in [1.165, 1.54) is 12.3 Å². The smallest absolute Gasteiger partial charge is 0.324 e. The zero-order valence-electron chi connectivity index (χ0n) is 15.9. The molecule has 11 heteroatoms. The van der Waals surface area contributed by atoms with Crippen LogP contribution < -0.4 is 5.32 Å². The molecule has 0 aliphatic carbocycles. The van der Waals surface area contributed by atoms with Crippen LogP contribution in [0.3, 0.4) is 0 Å². The summed E-state index contributed by atoms with van der Waals surface area (Å²) in [6.45, 7) is 2.94. The van der Waals surface area contributed by atoms with Crippen molar-refractivity contribution in [2.75, 3.05) is 5.32 Å². The van der Waals surface area contributed by atoms with Crippen LogP contribution >= 0.6 is 11.6 Å². The van der Waals surface area contributed by atoms with Crippen LogP contribution in [0.4, 0.5) is 18.9 Å². The van der Waals surface area contributed by atoms with Crippen molar-refractivity contribution >= 4 is 38.7 Å². The molecule has 2 heterocycles. The van der Waals surface area contributed by atoms with Crippen molar-refractivity contribution in [1.29, 1.82) is 0 Å². The van der Waals surface area contributed by atoms with Gasteiger partial charge in [0.05, 0.1) is 22.7 Å². The van der Waals surface area contributed by atoms with E-state index >= 15 is 0 Å². The number of hydrogen-bond donors (Lipinski definition) is 1.